The van der Waals surface area contributed by atoms with E-state index in [0.717, 1.165) is 17.7 Å². The fourth-order valence-corrected chi connectivity index (χ4v) is 2.89. The van der Waals surface area contributed by atoms with E-state index in [2.05, 4.69) is 19.2 Å². The molecule has 3 atom stereocenters. The molecule has 0 radical (unpaired) electrons. The lowest BCUT2D eigenvalue weighted by Crippen LogP contribution is -2.45. The minimum Gasteiger partial charge on any atom is -0.484 e. The van der Waals surface area contributed by atoms with Gasteiger partial charge in [0.1, 0.15) is 5.75 Å². The van der Waals surface area contributed by atoms with Crippen molar-refractivity contribution in [1.82, 2.24) is 5.32 Å². The van der Waals surface area contributed by atoms with Crippen LogP contribution in [0.15, 0.2) is 24.3 Å². The molecule has 1 aromatic carbocycles. The van der Waals surface area contributed by atoms with Crippen molar-refractivity contribution >= 4 is 5.91 Å². The number of rotatable bonds is 4. The lowest BCUT2D eigenvalue weighted by Gasteiger charge is -2.34. The summed E-state index contributed by atoms with van der Waals surface area (Å²) < 4.78 is 5.54. The molecule has 0 heterocycles. The maximum Gasteiger partial charge on any atom is 0.258 e. The Kier molecular flexibility index (Phi) is 5.05. The fourth-order valence-electron chi connectivity index (χ4n) is 2.89. The second-order valence-electron chi connectivity index (χ2n) is 6.05. The lowest BCUT2D eigenvalue weighted by molar-refractivity contribution is -0.124. The number of amides is 1. The summed E-state index contributed by atoms with van der Waals surface area (Å²) in [5, 5.41) is 3.12. The highest BCUT2D eigenvalue weighted by atomic mass is 16.5. The van der Waals surface area contributed by atoms with E-state index in [1.807, 2.05) is 31.2 Å². The van der Waals surface area contributed by atoms with Gasteiger partial charge in [-0.1, -0.05) is 38.8 Å². The second-order valence-corrected chi connectivity index (χ2v) is 6.05. The zero-order chi connectivity index (χ0) is 14.5. The Morgan fingerprint density at radius 3 is 2.90 bits per heavy atom. The highest BCUT2D eigenvalue weighted by molar-refractivity contribution is 5.77. The fraction of sp³-hybridized carbons (Fsp3) is 0.588. The first kappa shape index (κ1) is 14.9. The normalized spacial score (nSPS) is 26.1. The Morgan fingerprint density at radius 2 is 2.15 bits per heavy atom. The Labute approximate surface area is 121 Å². The van der Waals surface area contributed by atoms with Crippen molar-refractivity contribution in [3.05, 3.63) is 29.8 Å². The average Bonchev–Trinajstić information content (AvgIpc) is 2.42. The molecule has 0 aromatic heterocycles. The molecule has 0 unspecified atom stereocenters. The highest BCUT2D eigenvalue weighted by Crippen LogP contribution is 2.29. The van der Waals surface area contributed by atoms with Gasteiger partial charge in [-0.05, 0) is 42.9 Å². The van der Waals surface area contributed by atoms with Crippen molar-refractivity contribution in [3.63, 3.8) is 0 Å². The van der Waals surface area contributed by atoms with Crippen molar-refractivity contribution in [2.75, 3.05) is 6.61 Å². The Bertz CT molecular complexity index is 458. The summed E-state index contributed by atoms with van der Waals surface area (Å²) >= 11 is 0. The lowest BCUT2D eigenvalue weighted by atomic mass is 9.78. The molecule has 20 heavy (non-hydrogen) atoms. The number of ether oxygens (including phenoxy) is 1. The SMILES string of the molecule is Cc1cccc(OCC(=O)N[C@H]2CCC[C@H](C)[C@@H]2C)c1. The van der Waals surface area contributed by atoms with Gasteiger partial charge in [-0.3, -0.25) is 4.79 Å². The molecular weight excluding hydrogens is 250 g/mol. The van der Waals surface area contributed by atoms with Crippen LogP contribution in [0.4, 0.5) is 0 Å². The number of carbonyl (C=O) groups excluding carboxylic acids is 1. The van der Waals surface area contributed by atoms with Gasteiger partial charge in [-0.15, -0.1) is 0 Å². The van der Waals surface area contributed by atoms with E-state index in [0.29, 0.717) is 17.9 Å². The van der Waals surface area contributed by atoms with E-state index in [9.17, 15) is 4.79 Å². The summed E-state index contributed by atoms with van der Waals surface area (Å²) in [5.41, 5.74) is 1.14. The van der Waals surface area contributed by atoms with Gasteiger partial charge in [0.05, 0.1) is 0 Å². The molecule has 1 aromatic rings. The number of hydrogen-bond acceptors (Lipinski definition) is 2. The zero-order valence-electron chi connectivity index (χ0n) is 12.7. The first-order chi connectivity index (χ1) is 9.56. The molecule has 1 fully saturated rings. The van der Waals surface area contributed by atoms with E-state index in [1.165, 1.54) is 12.8 Å². The third-order valence-corrected chi connectivity index (χ3v) is 4.41. The molecule has 1 aliphatic carbocycles. The molecule has 3 heteroatoms. The van der Waals surface area contributed by atoms with Crippen LogP contribution >= 0.6 is 0 Å². The summed E-state index contributed by atoms with van der Waals surface area (Å²) in [5.74, 6) is 1.97. The van der Waals surface area contributed by atoms with E-state index in [-0.39, 0.29) is 12.5 Å². The van der Waals surface area contributed by atoms with Gasteiger partial charge in [0.15, 0.2) is 6.61 Å². The Morgan fingerprint density at radius 1 is 1.35 bits per heavy atom. The molecule has 0 spiro atoms. The van der Waals surface area contributed by atoms with E-state index >= 15 is 0 Å². The summed E-state index contributed by atoms with van der Waals surface area (Å²) in [6, 6.07) is 8.07. The topological polar surface area (TPSA) is 38.3 Å². The quantitative estimate of drug-likeness (QED) is 0.915. The van der Waals surface area contributed by atoms with Gasteiger partial charge in [0.2, 0.25) is 0 Å². The zero-order valence-corrected chi connectivity index (χ0v) is 12.7. The molecular formula is C17H25NO2. The summed E-state index contributed by atoms with van der Waals surface area (Å²) in [6.07, 6.45) is 3.56. The van der Waals surface area contributed by atoms with Crippen LogP contribution in [-0.4, -0.2) is 18.6 Å². The van der Waals surface area contributed by atoms with Gasteiger partial charge in [0, 0.05) is 6.04 Å². The van der Waals surface area contributed by atoms with Crippen LogP contribution in [0.3, 0.4) is 0 Å². The van der Waals surface area contributed by atoms with Crippen LogP contribution in [0.1, 0.15) is 38.7 Å². The van der Waals surface area contributed by atoms with Crippen LogP contribution in [-0.2, 0) is 4.79 Å². The third kappa shape index (κ3) is 3.99. The van der Waals surface area contributed by atoms with Crippen molar-refractivity contribution in [3.8, 4) is 5.75 Å². The summed E-state index contributed by atoms with van der Waals surface area (Å²) in [4.78, 5) is 12.0. The molecule has 1 amide bonds. The molecule has 1 saturated carbocycles. The first-order valence-electron chi connectivity index (χ1n) is 7.55. The van der Waals surface area contributed by atoms with Crippen LogP contribution in [0.2, 0.25) is 0 Å². The molecule has 3 nitrogen and oxygen atoms in total. The van der Waals surface area contributed by atoms with Crippen LogP contribution in [0.5, 0.6) is 5.75 Å². The second kappa shape index (κ2) is 6.78. The number of nitrogens with one attached hydrogen (secondary N) is 1. The maximum atomic E-state index is 12.0. The third-order valence-electron chi connectivity index (χ3n) is 4.41. The van der Waals surface area contributed by atoms with Gasteiger partial charge >= 0.3 is 0 Å². The van der Waals surface area contributed by atoms with E-state index < -0.39 is 0 Å². The highest BCUT2D eigenvalue weighted by Gasteiger charge is 2.28. The number of aryl methyl sites for hydroxylation is 1. The average molecular weight is 275 g/mol. The molecule has 0 bridgehead atoms. The predicted octanol–water partition coefficient (Wildman–Crippen LogP) is 3.31. The summed E-state index contributed by atoms with van der Waals surface area (Å²) in [6.45, 7) is 6.61. The van der Waals surface area contributed by atoms with E-state index in [4.69, 9.17) is 4.74 Å². The number of carbonyl (C=O) groups is 1. The minimum atomic E-state index is -0.0162. The summed E-state index contributed by atoms with van der Waals surface area (Å²) in [7, 11) is 0. The Hall–Kier alpha value is -1.51. The van der Waals surface area contributed by atoms with E-state index in [1.54, 1.807) is 0 Å². The number of hydrogen-bond donors (Lipinski definition) is 1. The van der Waals surface area contributed by atoms with Crippen LogP contribution < -0.4 is 10.1 Å². The molecule has 1 N–H and O–H groups in total. The molecule has 1 aliphatic rings. The smallest absolute Gasteiger partial charge is 0.258 e. The van der Waals surface area contributed by atoms with Crippen molar-refractivity contribution in [2.45, 2.75) is 46.1 Å². The van der Waals surface area contributed by atoms with Crippen molar-refractivity contribution in [1.29, 1.82) is 0 Å². The van der Waals surface area contributed by atoms with Crippen molar-refractivity contribution in [2.24, 2.45) is 11.8 Å². The standard InChI is InChI=1S/C17H25NO2/c1-12-6-4-8-15(10-12)20-11-17(19)18-16-9-5-7-13(2)14(16)3/h4,6,8,10,13-14,16H,5,7,9,11H2,1-3H3,(H,18,19)/t13-,14-,16-/m0/s1. The van der Waals surface area contributed by atoms with Crippen LogP contribution in [0.25, 0.3) is 0 Å². The van der Waals surface area contributed by atoms with Gasteiger partial charge in [0.25, 0.3) is 5.91 Å². The number of benzene rings is 1. The maximum absolute atomic E-state index is 12.0. The van der Waals surface area contributed by atoms with Gasteiger partial charge in [-0.25, -0.2) is 0 Å². The largest absolute Gasteiger partial charge is 0.484 e. The van der Waals surface area contributed by atoms with Crippen molar-refractivity contribution < 1.29 is 9.53 Å². The minimum absolute atomic E-state index is 0.0162. The first-order valence-corrected chi connectivity index (χ1v) is 7.55. The van der Waals surface area contributed by atoms with Gasteiger partial charge in [-0.2, -0.15) is 0 Å². The molecule has 0 saturated heterocycles. The monoisotopic (exact) mass is 275 g/mol. The molecule has 0 aliphatic heterocycles. The van der Waals surface area contributed by atoms with Gasteiger partial charge < -0.3 is 10.1 Å². The molecule has 110 valence electrons. The predicted molar refractivity (Wildman–Crippen MR) is 80.8 cm³/mol. The molecule has 2 rings (SSSR count). The Balaban J connectivity index is 1.80. The van der Waals surface area contributed by atoms with Crippen LogP contribution in [0, 0.1) is 18.8 Å².